The van der Waals surface area contributed by atoms with Crippen molar-refractivity contribution in [2.75, 3.05) is 0 Å². The molecule has 0 amide bonds. The summed E-state index contributed by atoms with van der Waals surface area (Å²) in [6, 6.07) is 6.05. The molecular weight excluding hydrogens is 283 g/mol. The van der Waals surface area contributed by atoms with Crippen LogP contribution in [0, 0.1) is 5.82 Å². The maximum Gasteiger partial charge on any atom is 0.250 e. The topological polar surface area (TPSA) is 29.5 Å². The first kappa shape index (κ1) is 16.2. The molecule has 116 valence electrons. The normalized spacial score (nSPS) is 23.1. The molecule has 0 fully saturated rings. The summed E-state index contributed by atoms with van der Waals surface area (Å²) in [5.74, 6) is 0.344. The maximum atomic E-state index is 13.1. The summed E-state index contributed by atoms with van der Waals surface area (Å²) in [7, 11) is -2.00. The van der Waals surface area contributed by atoms with E-state index in [1.807, 2.05) is 6.08 Å². The average Bonchev–Trinajstić information content (AvgIpc) is 2.71. The summed E-state index contributed by atoms with van der Waals surface area (Å²) >= 11 is 0. The molecule has 0 aliphatic heterocycles. The van der Waals surface area contributed by atoms with E-state index in [0.717, 1.165) is 6.42 Å². The molecule has 0 radical (unpaired) electrons. The van der Waals surface area contributed by atoms with Crippen LogP contribution >= 0.6 is 0 Å². The largest absolute Gasteiger partial charge is 0.544 e. The summed E-state index contributed by atoms with van der Waals surface area (Å²) in [4.78, 5) is 0. The van der Waals surface area contributed by atoms with Crippen LogP contribution in [0.15, 0.2) is 36.1 Å². The van der Waals surface area contributed by atoms with Gasteiger partial charge in [0.25, 0.3) is 0 Å². The zero-order chi connectivity index (χ0) is 15.9. The summed E-state index contributed by atoms with van der Waals surface area (Å²) in [6.45, 7) is 10.8. The molecule has 1 aromatic carbocycles. The molecule has 1 aromatic rings. The number of rotatable bonds is 3. The Kier molecular flexibility index (Phi) is 4.06. The SMILES string of the molecule is CC(C)(C)[Si](C)(C)OC1=CCCC1(O)c1ccc(F)cc1. The number of aliphatic hydroxyl groups is 1. The summed E-state index contributed by atoms with van der Waals surface area (Å²) in [5, 5.41) is 11.1. The minimum Gasteiger partial charge on any atom is -0.544 e. The van der Waals surface area contributed by atoms with E-state index in [1.165, 1.54) is 12.1 Å². The number of hydrogen-bond acceptors (Lipinski definition) is 2. The van der Waals surface area contributed by atoms with Crippen LogP contribution in [0.4, 0.5) is 4.39 Å². The predicted octanol–water partition coefficient (Wildman–Crippen LogP) is 4.71. The maximum absolute atomic E-state index is 13.1. The van der Waals surface area contributed by atoms with E-state index in [-0.39, 0.29) is 10.9 Å². The van der Waals surface area contributed by atoms with E-state index >= 15 is 0 Å². The first-order valence-corrected chi connectivity index (χ1v) is 10.4. The molecule has 4 heteroatoms. The van der Waals surface area contributed by atoms with Gasteiger partial charge in [0, 0.05) is 0 Å². The third-order valence-corrected chi connectivity index (χ3v) is 9.08. The molecule has 0 saturated carbocycles. The van der Waals surface area contributed by atoms with Crippen molar-refractivity contribution in [1.82, 2.24) is 0 Å². The fourth-order valence-electron chi connectivity index (χ4n) is 2.27. The lowest BCUT2D eigenvalue weighted by molar-refractivity contribution is 0.0388. The standard InChI is InChI=1S/C17H25FO2Si/c1-16(2,3)21(4,5)20-15-7-6-12-17(15,19)13-8-10-14(18)11-9-13/h7-11,19H,6,12H2,1-5H3. The molecule has 2 nitrogen and oxygen atoms in total. The Morgan fingerprint density at radius 1 is 1.19 bits per heavy atom. The molecular formula is C17H25FO2Si. The van der Waals surface area contributed by atoms with Crippen molar-refractivity contribution in [2.24, 2.45) is 0 Å². The van der Waals surface area contributed by atoms with Gasteiger partial charge >= 0.3 is 0 Å². The zero-order valence-corrected chi connectivity index (χ0v) is 14.5. The highest BCUT2D eigenvalue weighted by Gasteiger charge is 2.45. The van der Waals surface area contributed by atoms with Crippen LogP contribution < -0.4 is 0 Å². The Morgan fingerprint density at radius 2 is 1.76 bits per heavy atom. The Labute approximate surface area is 127 Å². The van der Waals surface area contributed by atoms with Crippen LogP contribution in [0.5, 0.6) is 0 Å². The molecule has 0 spiro atoms. The monoisotopic (exact) mass is 308 g/mol. The van der Waals surface area contributed by atoms with Crippen LogP contribution in [-0.2, 0) is 10.0 Å². The molecule has 0 aromatic heterocycles. The van der Waals surface area contributed by atoms with Gasteiger partial charge in [0.2, 0.25) is 8.32 Å². The second kappa shape index (κ2) is 5.25. The van der Waals surface area contributed by atoms with Crippen molar-refractivity contribution >= 4 is 8.32 Å². The lowest BCUT2D eigenvalue weighted by Gasteiger charge is -2.40. The van der Waals surface area contributed by atoms with E-state index in [2.05, 4.69) is 33.9 Å². The van der Waals surface area contributed by atoms with Crippen molar-refractivity contribution in [1.29, 1.82) is 0 Å². The van der Waals surface area contributed by atoms with Crippen molar-refractivity contribution in [3.05, 3.63) is 47.5 Å². The lowest BCUT2D eigenvalue weighted by atomic mass is 9.92. The fourth-order valence-corrected chi connectivity index (χ4v) is 3.38. The van der Waals surface area contributed by atoms with Crippen LogP contribution in [0.2, 0.25) is 18.1 Å². The van der Waals surface area contributed by atoms with Gasteiger partial charge in [-0.2, -0.15) is 0 Å². The summed E-state index contributed by atoms with van der Waals surface area (Å²) < 4.78 is 19.4. The summed E-state index contributed by atoms with van der Waals surface area (Å²) in [6.07, 6.45) is 3.34. The molecule has 1 unspecified atom stereocenters. The van der Waals surface area contributed by atoms with E-state index in [9.17, 15) is 9.50 Å². The van der Waals surface area contributed by atoms with Crippen LogP contribution in [0.3, 0.4) is 0 Å². The van der Waals surface area contributed by atoms with Crippen molar-refractivity contribution in [3.63, 3.8) is 0 Å². The van der Waals surface area contributed by atoms with Gasteiger partial charge in [-0.05, 0) is 54.7 Å². The molecule has 21 heavy (non-hydrogen) atoms. The van der Waals surface area contributed by atoms with E-state index in [4.69, 9.17) is 4.43 Å². The number of halogens is 1. The molecule has 1 atom stereocenters. The van der Waals surface area contributed by atoms with Crippen molar-refractivity contribution < 1.29 is 13.9 Å². The summed E-state index contributed by atoms with van der Waals surface area (Å²) in [5.41, 5.74) is -0.421. The highest BCUT2D eigenvalue weighted by Crippen LogP contribution is 2.45. The van der Waals surface area contributed by atoms with Gasteiger partial charge in [-0.15, -0.1) is 0 Å². The molecule has 1 aliphatic rings. The van der Waals surface area contributed by atoms with Crippen molar-refractivity contribution in [2.45, 2.75) is 57.3 Å². The van der Waals surface area contributed by atoms with Crippen molar-refractivity contribution in [3.8, 4) is 0 Å². The minimum absolute atomic E-state index is 0.0696. The number of benzene rings is 1. The molecule has 2 rings (SSSR count). The van der Waals surface area contributed by atoms with Gasteiger partial charge in [-0.1, -0.05) is 32.9 Å². The Hall–Kier alpha value is -1.13. The predicted molar refractivity (Wildman–Crippen MR) is 85.9 cm³/mol. The molecule has 0 heterocycles. The van der Waals surface area contributed by atoms with E-state index in [0.29, 0.717) is 17.7 Å². The smallest absolute Gasteiger partial charge is 0.250 e. The molecule has 1 N–H and O–H groups in total. The van der Waals surface area contributed by atoms with Gasteiger partial charge in [0.15, 0.2) is 0 Å². The van der Waals surface area contributed by atoms with Gasteiger partial charge < -0.3 is 9.53 Å². The van der Waals surface area contributed by atoms with Crippen LogP contribution in [-0.4, -0.2) is 13.4 Å². The fraction of sp³-hybridized carbons (Fsp3) is 0.529. The second-order valence-corrected chi connectivity index (χ2v) is 12.1. The molecule has 1 aliphatic carbocycles. The zero-order valence-electron chi connectivity index (χ0n) is 13.5. The first-order chi connectivity index (χ1) is 9.56. The van der Waals surface area contributed by atoms with Gasteiger partial charge in [0.1, 0.15) is 17.2 Å². The average molecular weight is 308 g/mol. The van der Waals surface area contributed by atoms with Gasteiger partial charge in [0.05, 0.1) is 0 Å². The van der Waals surface area contributed by atoms with Gasteiger partial charge in [-0.3, -0.25) is 0 Å². The highest BCUT2D eigenvalue weighted by molar-refractivity contribution is 6.74. The molecule has 0 saturated heterocycles. The lowest BCUT2D eigenvalue weighted by Crippen LogP contribution is -2.43. The minimum atomic E-state index is -2.00. The second-order valence-electron chi connectivity index (χ2n) is 7.34. The number of hydrogen-bond donors (Lipinski definition) is 1. The Bertz CT molecular complexity index is 543. The van der Waals surface area contributed by atoms with Crippen LogP contribution in [0.1, 0.15) is 39.2 Å². The Balaban J connectivity index is 2.30. The highest BCUT2D eigenvalue weighted by atomic mass is 28.4. The first-order valence-electron chi connectivity index (χ1n) is 7.44. The van der Waals surface area contributed by atoms with E-state index in [1.54, 1.807) is 12.1 Å². The van der Waals surface area contributed by atoms with E-state index < -0.39 is 13.9 Å². The quantitative estimate of drug-likeness (QED) is 0.819. The third-order valence-electron chi connectivity index (χ3n) is 4.74. The van der Waals surface area contributed by atoms with Crippen LogP contribution in [0.25, 0.3) is 0 Å². The molecule has 0 bridgehead atoms. The van der Waals surface area contributed by atoms with Gasteiger partial charge in [-0.25, -0.2) is 4.39 Å². The Morgan fingerprint density at radius 3 is 2.29 bits per heavy atom. The number of allylic oxidation sites excluding steroid dienone is 1. The third kappa shape index (κ3) is 3.06.